The first-order valence-corrected chi connectivity index (χ1v) is 8.64. The van der Waals surface area contributed by atoms with E-state index in [4.69, 9.17) is 14.2 Å². The molecule has 2 aromatic carbocycles. The minimum Gasteiger partial charge on any atom is -0.504 e. The summed E-state index contributed by atoms with van der Waals surface area (Å²) < 4.78 is 16.5. The Labute approximate surface area is 162 Å². The van der Waals surface area contributed by atoms with E-state index in [2.05, 4.69) is 6.58 Å². The van der Waals surface area contributed by atoms with Crippen LogP contribution in [0.2, 0.25) is 0 Å². The lowest BCUT2D eigenvalue weighted by Crippen LogP contribution is -2.21. The molecule has 0 aliphatic carbocycles. The van der Waals surface area contributed by atoms with Crippen LogP contribution < -0.4 is 9.47 Å². The average molecular weight is 386 g/mol. The van der Waals surface area contributed by atoms with Gasteiger partial charge in [-0.25, -0.2) is 4.79 Å². The Morgan fingerprint density at radius 3 is 2.64 bits per heavy atom. The van der Waals surface area contributed by atoms with Crippen LogP contribution in [-0.4, -0.2) is 34.5 Å². The smallest absolute Gasteiger partial charge is 0.346 e. The summed E-state index contributed by atoms with van der Waals surface area (Å²) in [7, 11) is 1.33. The molecular weight excluding hydrogens is 364 g/mol. The summed E-state index contributed by atoms with van der Waals surface area (Å²) in [6.45, 7) is 6.91. The minimum absolute atomic E-state index is 0.0188. The fourth-order valence-corrected chi connectivity index (χ4v) is 3.13. The van der Waals surface area contributed by atoms with Crippen LogP contribution in [0.5, 0.6) is 23.0 Å². The van der Waals surface area contributed by atoms with Gasteiger partial charge in [-0.2, -0.15) is 0 Å². The topological polar surface area (TPSA) is 105 Å². The fourth-order valence-electron chi connectivity index (χ4n) is 3.13. The maximum atomic E-state index is 12.7. The Morgan fingerprint density at radius 2 is 2.00 bits per heavy atom. The first-order chi connectivity index (χ1) is 13.2. The molecule has 0 amide bonds. The van der Waals surface area contributed by atoms with Crippen LogP contribution in [0, 0.1) is 6.92 Å². The van der Waals surface area contributed by atoms with Crippen LogP contribution in [-0.2, 0) is 11.3 Å². The summed E-state index contributed by atoms with van der Waals surface area (Å²) >= 11 is 0. The summed E-state index contributed by atoms with van der Waals surface area (Å²) in [6.07, 6.45) is -2.61. The predicted molar refractivity (Wildman–Crippen MR) is 101 cm³/mol. The first kappa shape index (κ1) is 19.7. The molecule has 0 radical (unpaired) electrons. The number of aryl methyl sites for hydroxylation is 1. The Balaban J connectivity index is 2.16. The number of aliphatic hydroxyl groups excluding tert-OH is 2. The van der Waals surface area contributed by atoms with Crippen molar-refractivity contribution in [2.75, 3.05) is 7.11 Å². The van der Waals surface area contributed by atoms with Gasteiger partial charge in [0, 0.05) is 11.1 Å². The van der Waals surface area contributed by atoms with Crippen molar-refractivity contribution in [1.29, 1.82) is 0 Å². The van der Waals surface area contributed by atoms with Crippen molar-refractivity contribution in [2.45, 2.75) is 32.7 Å². The number of ether oxygens (including phenoxy) is 3. The lowest BCUT2D eigenvalue weighted by molar-refractivity contribution is 0.0385. The lowest BCUT2D eigenvalue weighted by atomic mass is 9.96. The Morgan fingerprint density at radius 1 is 1.29 bits per heavy atom. The molecule has 0 saturated heterocycles. The summed E-state index contributed by atoms with van der Waals surface area (Å²) in [4.78, 5) is 12.7. The second-order valence-corrected chi connectivity index (χ2v) is 6.75. The van der Waals surface area contributed by atoms with Gasteiger partial charge in [0.05, 0.1) is 7.11 Å². The van der Waals surface area contributed by atoms with E-state index in [0.29, 0.717) is 11.1 Å². The van der Waals surface area contributed by atoms with Crippen LogP contribution >= 0.6 is 0 Å². The zero-order valence-electron chi connectivity index (χ0n) is 15.9. The van der Waals surface area contributed by atoms with Crippen molar-refractivity contribution in [2.24, 2.45) is 0 Å². The molecule has 0 bridgehead atoms. The Bertz CT molecular complexity index is 948. The number of esters is 1. The molecule has 2 atom stereocenters. The van der Waals surface area contributed by atoms with E-state index in [-0.39, 0.29) is 40.7 Å². The van der Waals surface area contributed by atoms with E-state index in [1.54, 1.807) is 26.0 Å². The van der Waals surface area contributed by atoms with Crippen molar-refractivity contribution in [3.63, 3.8) is 0 Å². The Kier molecular flexibility index (Phi) is 5.31. The number of aliphatic hydroxyl groups is 2. The molecule has 7 nitrogen and oxygen atoms in total. The van der Waals surface area contributed by atoms with Gasteiger partial charge >= 0.3 is 5.97 Å². The summed E-state index contributed by atoms with van der Waals surface area (Å²) in [5.74, 6) is -0.498. The number of cyclic esters (lactones) is 1. The highest BCUT2D eigenvalue weighted by Crippen LogP contribution is 2.44. The summed E-state index contributed by atoms with van der Waals surface area (Å²) in [6, 6.07) is 6.23. The van der Waals surface area contributed by atoms with Crippen molar-refractivity contribution >= 4 is 5.97 Å². The lowest BCUT2D eigenvalue weighted by Gasteiger charge is -2.25. The van der Waals surface area contributed by atoms with Crippen LogP contribution in [0.1, 0.15) is 40.1 Å². The highest BCUT2D eigenvalue weighted by molar-refractivity contribution is 5.96. The van der Waals surface area contributed by atoms with Crippen molar-refractivity contribution in [1.82, 2.24) is 0 Å². The second-order valence-electron chi connectivity index (χ2n) is 6.75. The van der Waals surface area contributed by atoms with E-state index in [0.717, 1.165) is 5.56 Å². The van der Waals surface area contributed by atoms with Gasteiger partial charge in [0.2, 0.25) is 0 Å². The molecule has 2 aromatic rings. The van der Waals surface area contributed by atoms with E-state index < -0.39 is 18.2 Å². The number of rotatable bonds is 4. The summed E-state index contributed by atoms with van der Waals surface area (Å²) in [5.41, 5.74) is 1.82. The second kappa shape index (κ2) is 7.53. The van der Waals surface area contributed by atoms with Gasteiger partial charge in [-0.1, -0.05) is 6.58 Å². The van der Waals surface area contributed by atoms with E-state index in [9.17, 15) is 20.1 Å². The number of methoxy groups -OCH3 is 1. The highest BCUT2D eigenvalue weighted by atomic mass is 16.5. The number of benzene rings is 2. The number of carbonyl (C=O) groups is 1. The molecule has 3 N–H and O–H groups in total. The standard InChI is InChI=1S/C21H22O7/c1-10(2)17(23)18(24)13-5-6-15-16(20(13)26-4)21(25)27-9-12-7-11(3)8-14(22)19(12)28-15/h5-8,17-18,22-24H,1,9H2,2-4H3/t17-,18+/m0/s1. The molecule has 0 aromatic heterocycles. The molecule has 0 spiro atoms. The van der Waals surface area contributed by atoms with Gasteiger partial charge in [0.1, 0.15) is 35.9 Å². The molecule has 1 aliphatic heterocycles. The quantitative estimate of drug-likeness (QED) is 0.547. The van der Waals surface area contributed by atoms with Gasteiger partial charge in [0.25, 0.3) is 0 Å². The van der Waals surface area contributed by atoms with Crippen LogP contribution in [0.15, 0.2) is 36.4 Å². The predicted octanol–water partition coefficient (Wildman–Crippen LogP) is 3.14. The maximum Gasteiger partial charge on any atom is 0.346 e. The SMILES string of the molecule is C=C(C)[C@H](O)[C@H](O)c1ccc2c(c1OC)C(=O)OCc1cc(C)cc(O)c1O2. The molecule has 148 valence electrons. The number of phenols is 1. The monoisotopic (exact) mass is 386 g/mol. The first-order valence-electron chi connectivity index (χ1n) is 8.64. The van der Waals surface area contributed by atoms with Crippen LogP contribution in [0.25, 0.3) is 0 Å². The third kappa shape index (κ3) is 3.42. The van der Waals surface area contributed by atoms with Gasteiger partial charge in [-0.15, -0.1) is 0 Å². The number of phenolic OH excluding ortho intramolecular Hbond substituents is 1. The molecule has 28 heavy (non-hydrogen) atoms. The molecule has 7 heteroatoms. The van der Waals surface area contributed by atoms with Crippen LogP contribution in [0.3, 0.4) is 0 Å². The Hall–Kier alpha value is -3.03. The molecule has 1 heterocycles. The molecule has 0 saturated carbocycles. The van der Waals surface area contributed by atoms with Gasteiger partial charge < -0.3 is 29.5 Å². The van der Waals surface area contributed by atoms with E-state index in [1.165, 1.54) is 19.2 Å². The summed E-state index contributed by atoms with van der Waals surface area (Å²) in [5, 5.41) is 30.9. The van der Waals surface area contributed by atoms with E-state index >= 15 is 0 Å². The highest BCUT2D eigenvalue weighted by Gasteiger charge is 2.31. The normalized spacial score (nSPS) is 15.1. The van der Waals surface area contributed by atoms with Crippen molar-refractivity contribution < 1.29 is 34.3 Å². The average Bonchev–Trinajstić information content (AvgIpc) is 2.65. The number of fused-ring (bicyclic) bond motifs is 2. The number of aromatic hydroxyl groups is 1. The number of carbonyl (C=O) groups excluding carboxylic acids is 1. The molecule has 0 fully saturated rings. The zero-order valence-corrected chi connectivity index (χ0v) is 15.9. The zero-order chi connectivity index (χ0) is 20.6. The van der Waals surface area contributed by atoms with Crippen molar-refractivity contribution in [3.05, 3.63) is 58.7 Å². The number of hydrogen-bond acceptors (Lipinski definition) is 7. The third-order valence-corrected chi connectivity index (χ3v) is 4.54. The third-order valence-electron chi connectivity index (χ3n) is 4.54. The molecule has 1 aliphatic rings. The minimum atomic E-state index is -1.36. The van der Waals surface area contributed by atoms with Gasteiger partial charge in [-0.3, -0.25) is 0 Å². The van der Waals surface area contributed by atoms with Crippen molar-refractivity contribution in [3.8, 4) is 23.0 Å². The maximum absolute atomic E-state index is 12.7. The fraction of sp³-hybridized carbons (Fsp3) is 0.286. The van der Waals surface area contributed by atoms with Gasteiger partial charge in [-0.05, 0) is 49.2 Å². The molecule has 3 rings (SSSR count). The van der Waals surface area contributed by atoms with Crippen LogP contribution in [0.4, 0.5) is 0 Å². The van der Waals surface area contributed by atoms with Gasteiger partial charge in [0.15, 0.2) is 11.5 Å². The van der Waals surface area contributed by atoms with E-state index in [1.807, 2.05) is 0 Å². The molecular formula is C21H22O7. The number of hydrogen-bond donors (Lipinski definition) is 3. The largest absolute Gasteiger partial charge is 0.504 e. The molecule has 0 unspecified atom stereocenters.